The zero-order valence-electron chi connectivity index (χ0n) is 10.8. The molecule has 0 spiro atoms. The molecule has 1 aromatic heterocycles. The summed E-state index contributed by atoms with van der Waals surface area (Å²) >= 11 is 1.73. The Morgan fingerprint density at radius 2 is 1.89 bits per heavy atom. The first-order chi connectivity index (χ1) is 8.69. The molecule has 3 nitrogen and oxygen atoms in total. The number of hydrogen-bond donors (Lipinski definition) is 0. The van der Waals surface area contributed by atoms with Gasteiger partial charge in [-0.2, -0.15) is 4.98 Å². The van der Waals surface area contributed by atoms with Gasteiger partial charge >= 0.3 is 0 Å². The van der Waals surface area contributed by atoms with Gasteiger partial charge in [-0.1, -0.05) is 37.2 Å². The minimum atomic E-state index is 0.264. The summed E-state index contributed by atoms with van der Waals surface area (Å²) in [7, 11) is 0. The second-order valence-electron chi connectivity index (χ2n) is 4.25. The van der Waals surface area contributed by atoms with Crippen molar-refractivity contribution < 1.29 is 4.52 Å². The van der Waals surface area contributed by atoms with E-state index in [1.807, 2.05) is 26.0 Å². The quantitative estimate of drug-likeness (QED) is 0.776. The zero-order chi connectivity index (χ0) is 13.0. The van der Waals surface area contributed by atoms with Crippen molar-refractivity contribution in [3.05, 3.63) is 41.5 Å². The molecule has 0 atom stereocenters. The summed E-state index contributed by atoms with van der Waals surface area (Å²) in [5.41, 5.74) is 1.13. The van der Waals surface area contributed by atoms with Crippen molar-refractivity contribution in [1.82, 2.24) is 10.1 Å². The molecular weight excluding hydrogens is 244 g/mol. The van der Waals surface area contributed by atoms with Gasteiger partial charge in [-0.3, -0.25) is 0 Å². The molecule has 0 fully saturated rings. The van der Waals surface area contributed by atoms with Crippen LogP contribution in [0, 0.1) is 0 Å². The first kappa shape index (κ1) is 12.9. The summed E-state index contributed by atoms with van der Waals surface area (Å²) in [5.74, 6) is 1.56. The number of thioether (sulfide) groups is 1. The van der Waals surface area contributed by atoms with Crippen molar-refractivity contribution in [1.29, 1.82) is 0 Å². The van der Waals surface area contributed by atoms with Crippen LogP contribution in [0.4, 0.5) is 0 Å². The predicted molar refractivity (Wildman–Crippen MR) is 75.5 cm³/mol. The highest BCUT2D eigenvalue weighted by molar-refractivity contribution is 7.98. The minimum absolute atomic E-state index is 0.264. The highest BCUT2D eigenvalue weighted by Crippen LogP contribution is 2.16. The van der Waals surface area contributed by atoms with Crippen LogP contribution in [-0.2, 0) is 0 Å². The van der Waals surface area contributed by atoms with Gasteiger partial charge in [-0.05, 0) is 30.0 Å². The van der Waals surface area contributed by atoms with E-state index in [-0.39, 0.29) is 5.92 Å². The molecule has 0 aliphatic rings. The van der Waals surface area contributed by atoms with Gasteiger partial charge in [0.15, 0.2) is 5.82 Å². The number of aromatic nitrogens is 2. The van der Waals surface area contributed by atoms with Crippen LogP contribution in [0.15, 0.2) is 33.7 Å². The van der Waals surface area contributed by atoms with E-state index in [4.69, 9.17) is 4.52 Å². The molecule has 1 aromatic carbocycles. The van der Waals surface area contributed by atoms with Gasteiger partial charge in [0.1, 0.15) is 0 Å². The van der Waals surface area contributed by atoms with E-state index in [1.54, 1.807) is 11.8 Å². The fraction of sp³-hybridized carbons (Fsp3) is 0.286. The van der Waals surface area contributed by atoms with Crippen LogP contribution in [-0.4, -0.2) is 16.4 Å². The third-order valence-electron chi connectivity index (χ3n) is 2.49. The normalized spacial score (nSPS) is 11.6. The molecule has 0 N–H and O–H groups in total. The Hall–Kier alpha value is -1.55. The SMILES string of the molecule is CSc1ccc(/C=C/c2noc(C(C)C)n2)cc1. The Bertz CT molecular complexity index is 529. The standard InChI is InChI=1S/C14H16N2OS/c1-10(2)14-15-13(16-17-14)9-6-11-4-7-12(18-3)8-5-11/h4-10H,1-3H3/b9-6+. The molecule has 2 rings (SSSR count). The molecule has 0 radical (unpaired) electrons. The molecule has 0 saturated heterocycles. The molecule has 0 bridgehead atoms. The maximum atomic E-state index is 5.14. The molecule has 0 amide bonds. The monoisotopic (exact) mass is 260 g/mol. The minimum Gasteiger partial charge on any atom is -0.339 e. The van der Waals surface area contributed by atoms with Gasteiger partial charge in [-0.15, -0.1) is 11.8 Å². The van der Waals surface area contributed by atoms with Gasteiger partial charge in [0, 0.05) is 10.8 Å². The first-order valence-electron chi connectivity index (χ1n) is 5.85. The molecule has 4 heteroatoms. The molecule has 0 saturated carbocycles. The molecule has 0 aliphatic carbocycles. The highest BCUT2D eigenvalue weighted by Gasteiger charge is 2.07. The fourth-order valence-electron chi connectivity index (χ4n) is 1.44. The summed E-state index contributed by atoms with van der Waals surface area (Å²) in [6, 6.07) is 8.35. The van der Waals surface area contributed by atoms with Gasteiger partial charge in [-0.25, -0.2) is 0 Å². The van der Waals surface area contributed by atoms with E-state index < -0.39 is 0 Å². The largest absolute Gasteiger partial charge is 0.339 e. The van der Waals surface area contributed by atoms with Crippen molar-refractivity contribution in [3.8, 4) is 0 Å². The van der Waals surface area contributed by atoms with Crippen LogP contribution in [0.5, 0.6) is 0 Å². The average Bonchev–Trinajstić information content (AvgIpc) is 2.86. The van der Waals surface area contributed by atoms with Gasteiger partial charge in [0.05, 0.1) is 0 Å². The second-order valence-corrected chi connectivity index (χ2v) is 5.13. The van der Waals surface area contributed by atoms with Gasteiger partial charge in [0.25, 0.3) is 0 Å². The lowest BCUT2D eigenvalue weighted by molar-refractivity contribution is 0.364. The maximum Gasteiger partial charge on any atom is 0.229 e. The Morgan fingerprint density at radius 1 is 1.17 bits per heavy atom. The van der Waals surface area contributed by atoms with Crippen molar-refractivity contribution in [2.45, 2.75) is 24.7 Å². The lowest BCUT2D eigenvalue weighted by Crippen LogP contribution is -1.85. The summed E-state index contributed by atoms with van der Waals surface area (Å²) in [6.07, 6.45) is 5.92. The summed E-state index contributed by atoms with van der Waals surface area (Å²) < 4.78 is 5.14. The number of rotatable bonds is 4. The van der Waals surface area contributed by atoms with Crippen LogP contribution in [0.1, 0.15) is 37.0 Å². The van der Waals surface area contributed by atoms with Crippen LogP contribution >= 0.6 is 11.8 Å². The van der Waals surface area contributed by atoms with Crippen molar-refractivity contribution in [3.63, 3.8) is 0 Å². The van der Waals surface area contributed by atoms with E-state index in [9.17, 15) is 0 Å². The summed E-state index contributed by atoms with van der Waals surface area (Å²) in [6.45, 7) is 4.06. The molecule has 0 unspecified atom stereocenters. The molecule has 18 heavy (non-hydrogen) atoms. The van der Waals surface area contributed by atoms with Crippen LogP contribution in [0.25, 0.3) is 12.2 Å². The Morgan fingerprint density at radius 3 is 2.44 bits per heavy atom. The highest BCUT2D eigenvalue weighted by atomic mass is 32.2. The van der Waals surface area contributed by atoms with E-state index in [1.165, 1.54) is 4.90 Å². The van der Waals surface area contributed by atoms with Crippen molar-refractivity contribution >= 4 is 23.9 Å². The van der Waals surface area contributed by atoms with Crippen molar-refractivity contribution in [2.75, 3.05) is 6.26 Å². The third-order valence-corrected chi connectivity index (χ3v) is 3.24. The van der Waals surface area contributed by atoms with Gasteiger partial charge < -0.3 is 4.52 Å². The van der Waals surface area contributed by atoms with E-state index in [0.717, 1.165) is 5.56 Å². The second kappa shape index (κ2) is 5.87. The van der Waals surface area contributed by atoms with Gasteiger partial charge in [0.2, 0.25) is 5.89 Å². The Kier molecular flexibility index (Phi) is 4.20. The van der Waals surface area contributed by atoms with E-state index in [2.05, 4.69) is 40.7 Å². The molecule has 2 aromatic rings. The number of nitrogens with zero attached hydrogens (tertiary/aromatic N) is 2. The Balaban J connectivity index is 2.09. The first-order valence-corrected chi connectivity index (χ1v) is 7.07. The third kappa shape index (κ3) is 3.23. The lowest BCUT2D eigenvalue weighted by atomic mass is 10.2. The number of benzene rings is 1. The molecule has 0 aliphatic heterocycles. The fourth-order valence-corrected chi connectivity index (χ4v) is 1.84. The topological polar surface area (TPSA) is 38.9 Å². The smallest absolute Gasteiger partial charge is 0.229 e. The van der Waals surface area contributed by atoms with Crippen LogP contribution in [0.3, 0.4) is 0 Å². The number of hydrogen-bond acceptors (Lipinski definition) is 4. The van der Waals surface area contributed by atoms with E-state index >= 15 is 0 Å². The summed E-state index contributed by atoms with van der Waals surface area (Å²) in [5, 5.41) is 3.91. The van der Waals surface area contributed by atoms with Crippen LogP contribution < -0.4 is 0 Å². The summed E-state index contributed by atoms with van der Waals surface area (Å²) in [4.78, 5) is 5.55. The molecular formula is C14H16N2OS. The predicted octanol–water partition coefficient (Wildman–Crippen LogP) is 4.09. The Labute approximate surface area is 111 Å². The lowest BCUT2D eigenvalue weighted by Gasteiger charge is -1.96. The molecule has 1 heterocycles. The van der Waals surface area contributed by atoms with E-state index in [0.29, 0.717) is 11.7 Å². The average molecular weight is 260 g/mol. The molecule has 94 valence electrons. The van der Waals surface area contributed by atoms with Crippen LogP contribution in [0.2, 0.25) is 0 Å². The van der Waals surface area contributed by atoms with Crippen molar-refractivity contribution in [2.24, 2.45) is 0 Å². The zero-order valence-corrected chi connectivity index (χ0v) is 11.6. The maximum absolute atomic E-state index is 5.14.